The van der Waals surface area contributed by atoms with E-state index in [0.717, 1.165) is 19.3 Å². The SMILES string of the molecule is NCc1cnc(Nc2ccc(Cl)s2)s1. The maximum absolute atomic E-state index is 5.80. The van der Waals surface area contributed by atoms with Gasteiger partial charge in [0.2, 0.25) is 0 Å². The minimum Gasteiger partial charge on any atom is -0.326 e. The zero-order chi connectivity index (χ0) is 9.97. The Labute approximate surface area is 94.5 Å². The van der Waals surface area contributed by atoms with E-state index in [9.17, 15) is 0 Å². The van der Waals surface area contributed by atoms with Crippen LogP contribution in [0.3, 0.4) is 0 Å². The Morgan fingerprint density at radius 3 is 2.86 bits per heavy atom. The Kier molecular flexibility index (Phi) is 3.02. The number of nitrogens with one attached hydrogen (secondary N) is 1. The summed E-state index contributed by atoms with van der Waals surface area (Å²) in [5.74, 6) is 0. The largest absolute Gasteiger partial charge is 0.326 e. The lowest BCUT2D eigenvalue weighted by Gasteiger charge is -1.95. The standard InChI is InChI=1S/C8H8ClN3S2/c9-6-1-2-7(14-6)12-8-11-4-5(3-10)13-8/h1-2,4H,3,10H2,(H,11,12). The van der Waals surface area contributed by atoms with Gasteiger partial charge >= 0.3 is 0 Å². The average molecular weight is 246 g/mol. The number of thiazole rings is 1. The van der Waals surface area contributed by atoms with E-state index in [4.69, 9.17) is 17.3 Å². The van der Waals surface area contributed by atoms with Gasteiger partial charge in [-0.25, -0.2) is 4.98 Å². The van der Waals surface area contributed by atoms with E-state index in [1.807, 2.05) is 12.1 Å². The van der Waals surface area contributed by atoms with Crippen LogP contribution in [0.1, 0.15) is 4.88 Å². The summed E-state index contributed by atoms with van der Waals surface area (Å²) >= 11 is 8.84. The molecule has 0 bridgehead atoms. The Morgan fingerprint density at radius 1 is 1.43 bits per heavy atom. The molecule has 14 heavy (non-hydrogen) atoms. The number of nitrogens with two attached hydrogens (primary N) is 1. The number of halogens is 1. The molecule has 0 amide bonds. The molecule has 2 aromatic rings. The number of rotatable bonds is 3. The van der Waals surface area contributed by atoms with Crippen molar-refractivity contribution in [2.45, 2.75) is 6.54 Å². The molecule has 0 saturated heterocycles. The van der Waals surface area contributed by atoms with Crippen molar-refractivity contribution in [3.05, 3.63) is 27.5 Å². The number of anilines is 2. The first-order chi connectivity index (χ1) is 6.78. The summed E-state index contributed by atoms with van der Waals surface area (Å²) in [5.41, 5.74) is 5.48. The highest BCUT2D eigenvalue weighted by atomic mass is 35.5. The van der Waals surface area contributed by atoms with Crippen LogP contribution in [0, 0.1) is 0 Å². The average Bonchev–Trinajstić information content (AvgIpc) is 2.76. The first-order valence-corrected chi connectivity index (χ1v) is 5.96. The number of thiophene rings is 1. The smallest absolute Gasteiger partial charge is 0.188 e. The van der Waals surface area contributed by atoms with Crippen LogP contribution in [0.5, 0.6) is 0 Å². The molecule has 0 aliphatic carbocycles. The van der Waals surface area contributed by atoms with Crippen molar-refractivity contribution in [2.24, 2.45) is 5.73 Å². The van der Waals surface area contributed by atoms with Gasteiger partial charge in [0.15, 0.2) is 5.13 Å². The quantitative estimate of drug-likeness (QED) is 0.874. The van der Waals surface area contributed by atoms with E-state index in [2.05, 4.69) is 10.3 Å². The number of aromatic nitrogens is 1. The van der Waals surface area contributed by atoms with Gasteiger partial charge in [-0.15, -0.1) is 22.7 Å². The summed E-state index contributed by atoms with van der Waals surface area (Å²) in [4.78, 5) is 5.25. The van der Waals surface area contributed by atoms with Crippen LogP contribution in [0.25, 0.3) is 0 Å². The number of hydrogen-bond donors (Lipinski definition) is 2. The van der Waals surface area contributed by atoms with Crippen LogP contribution in [0.4, 0.5) is 10.1 Å². The molecule has 2 rings (SSSR count). The van der Waals surface area contributed by atoms with Gasteiger partial charge in [0.05, 0.1) is 9.34 Å². The zero-order valence-electron chi connectivity index (χ0n) is 7.16. The minimum atomic E-state index is 0.532. The van der Waals surface area contributed by atoms with Crippen LogP contribution < -0.4 is 11.1 Å². The van der Waals surface area contributed by atoms with Gasteiger partial charge in [0.1, 0.15) is 0 Å². The van der Waals surface area contributed by atoms with Crippen LogP contribution in [-0.2, 0) is 6.54 Å². The predicted octanol–water partition coefficient (Wildman–Crippen LogP) is 3.06. The molecule has 0 aliphatic rings. The van der Waals surface area contributed by atoms with E-state index in [0.29, 0.717) is 6.54 Å². The second kappa shape index (κ2) is 4.27. The molecule has 74 valence electrons. The highest BCUT2D eigenvalue weighted by molar-refractivity contribution is 7.20. The van der Waals surface area contributed by atoms with Crippen molar-refractivity contribution in [2.75, 3.05) is 5.32 Å². The van der Waals surface area contributed by atoms with Gasteiger partial charge in [-0.3, -0.25) is 0 Å². The summed E-state index contributed by atoms with van der Waals surface area (Å²) < 4.78 is 0.767. The van der Waals surface area contributed by atoms with Gasteiger partial charge in [0, 0.05) is 17.6 Å². The third kappa shape index (κ3) is 2.24. The highest BCUT2D eigenvalue weighted by Gasteiger charge is 2.02. The molecule has 0 aliphatic heterocycles. The second-order valence-electron chi connectivity index (χ2n) is 2.56. The first-order valence-electron chi connectivity index (χ1n) is 3.95. The predicted molar refractivity (Wildman–Crippen MR) is 62.6 cm³/mol. The van der Waals surface area contributed by atoms with Gasteiger partial charge in [-0.2, -0.15) is 0 Å². The molecule has 6 heteroatoms. The van der Waals surface area contributed by atoms with Gasteiger partial charge < -0.3 is 11.1 Å². The molecule has 0 fully saturated rings. The van der Waals surface area contributed by atoms with E-state index < -0.39 is 0 Å². The maximum atomic E-state index is 5.80. The van der Waals surface area contributed by atoms with Crippen LogP contribution in [0.2, 0.25) is 4.34 Å². The molecule has 3 N–H and O–H groups in total. The van der Waals surface area contributed by atoms with Crippen LogP contribution in [0.15, 0.2) is 18.3 Å². The van der Waals surface area contributed by atoms with Crippen LogP contribution >= 0.6 is 34.3 Å². The number of hydrogen-bond acceptors (Lipinski definition) is 5. The molecule has 0 unspecified atom stereocenters. The summed E-state index contributed by atoms with van der Waals surface area (Å²) in [7, 11) is 0. The van der Waals surface area contributed by atoms with Crippen molar-refractivity contribution in [3.63, 3.8) is 0 Å². The van der Waals surface area contributed by atoms with Crippen molar-refractivity contribution < 1.29 is 0 Å². The fourth-order valence-corrected chi connectivity index (χ4v) is 2.66. The lowest BCUT2D eigenvalue weighted by molar-refractivity contribution is 1.10. The fourth-order valence-electron chi connectivity index (χ4n) is 0.947. The third-order valence-corrected chi connectivity index (χ3v) is 3.64. The maximum Gasteiger partial charge on any atom is 0.188 e. The van der Waals surface area contributed by atoms with Crippen LogP contribution in [-0.4, -0.2) is 4.98 Å². The highest BCUT2D eigenvalue weighted by Crippen LogP contribution is 2.30. The van der Waals surface area contributed by atoms with Crippen molar-refractivity contribution in [1.29, 1.82) is 0 Å². The molecule has 0 saturated carbocycles. The topological polar surface area (TPSA) is 50.9 Å². The first kappa shape index (κ1) is 9.92. The molecule has 2 heterocycles. The normalized spacial score (nSPS) is 10.4. The monoisotopic (exact) mass is 245 g/mol. The van der Waals surface area contributed by atoms with E-state index in [-0.39, 0.29) is 0 Å². The zero-order valence-corrected chi connectivity index (χ0v) is 9.55. The Balaban J connectivity index is 2.10. The molecule has 0 aromatic carbocycles. The van der Waals surface area contributed by atoms with Gasteiger partial charge in [-0.05, 0) is 12.1 Å². The van der Waals surface area contributed by atoms with E-state index in [1.54, 1.807) is 17.5 Å². The lowest BCUT2D eigenvalue weighted by Crippen LogP contribution is -1.91. The summed E-state index contributed by atoms with van der Waals surface area (Å²) in [6.07, 6.45) is 1.78. The molecule has 2 aromatic heterocycles. The Morgan fingerprint density at radius 2 is 2.29 bits per heavy atom. The molecular weight excluding hydrogens is 238 g/mol. The summed E-state index contributed by atoms with van der Waals surface area (Å²) in [6, 6.07) is 3.78. The van der Waals surface area contributed by atoms with Crippen molar-refractivity contribution in [3.8, 4) is 0 Å². The molecule has 3 nitrogen and oxygen atoms in total. The van der Waals surface area contributed by atoms with E-state index in [1.165, 1.54) is 11.3 Å². The number of nitrogens with zero attached hydrogens (tertiary/aromatic N) is 1. The van der Waals surface area contributed by atoms with Crippen molar-refractivity contribution in [1.82, 2.24) is 4.98 Å². The van der Waals surface area contributed by atoms with Crippen molar-refractivity contribution >= 4 is 44.4 Å². The summed E-state index contributed by atoms with van der Waals surface area (Å²) in [5, 5.41) is 5.01. The lowest BCUT2D eigenvalue weighted by atomic mass is 10.6. The summed E-state index contributed by atoms with van der Waals surface area (Å²) in [6.45, 7) is 0.532. The molecule has 0 radical (unpaired) electrons. The van der Waals surface area contributed by atoms with Gasteiger partial charge in [-0.1, -0.05) is 11.6 Å². The van der Waals surface area contributed by atoms with Gasteiger partial charge in [0.25, 0.3) is 0 Å². The fraction of sp³-hybridized carbons (Fsp3) is 0.125. The minimum absolute atomic E-state index is 0.532. The third-order valence-electron chi connectivity index (χ3n) is 1.56. The molecule has 0 atom stereocenters. The Hall–Kier alpha value is -0.620. The van der Waals surface area contributed by atoms with E-state index >= 15 is 0 Å². The second-order valence-corrected chi connectivity index (χ2v) is 5.39. The molecule has 0 spiro atoms. The Bertz CT molecular complexity index is 424. The molecular formula is C8H8ClN3S2.